The minimum atomic E-state index is -0.805. The molecule has 11 heteroatoms. The number of β-lactam (4-membered cyclic amide) rings is 1. The van der Waals surface area contributed by atoms with Gasteiger partial charge >= 0.3 is 18.2 Å². The summed E-state index contributed by atoms with van der Waals surface area (Å²) in [4.78, 5) is 61.4. The highest BCUT2D eigenvalue weighted by atomic mass is 16.6. The monoisotopic (exact) mass is 765 g/mol. The lowest BCUT2D eigenvalue weighted by Crippen LogP contribution is -2.65. The number of urea groups is 1. The number of amides is 5. The molecule has 5 aromatic carbocycles. The van der Waals surface area contributed by atoms with Crippen LogP contribution in [0.5, 0.6) is 0 Å². The largest absolute Gasteiger partial charge is 0.444 e. The standard InChI is InChI=1S/C46H47N5O6/c52-42-40(27-16-30-47-43(48-44(53)56-33-38-23-12-4-13-24-38)49-45(54)57-34-39-25-14-5-15-26-39)41(29-28-35-17-6-1-7-18-35)51(42)46(55)50(31-36-19-8-2-9-20-36)32-37-21-10-3-11-22-37/h1-15,17-26,40-41H,16,27-34H2,(H2,47,48,49,53,54)/t40-,41-/m1/s1. The van der Waals surface area contributed by atoms with E-state index in [0.717, 1.165) is 27.8 Å². The smallest absolute Gasteiger partial charge is 0.414 e. The summed E-state index contributed by atoms with van der Waals surface area (Å²) in [7, 11) is 0. The number of nitrogens with one attached hydrogen (secondary N) is 2. The Labute approximate surface area is 333 Å². The van der Waals surface area contributed by atoms with Gasteiger partial charge in [0.2, 0.25) is 11.9 Å². The molecule has 0 aromatic heterocycles. The van der Waals surface area contributed by atoms with Crippen LogP contribution in [0.1, 0.15) is 47.1 Å². The van der Waals surface area contributed by atoms with Crippen molar-refractivity contribution in [1.82, 2.24) is 20.4 Å². The number of carbonyl (C=O) groups is 4. The second-order valence-electron chi connectivity index (χ2n) is 13.8. The number of imide groups is 1. The van der Waals surface area contributed by atoms with Crippen molar-refractivity contribution in [2.75, 3.05) is 6.54 Å². The molecule has 0 bridgehead atoms. The third-order valence-electron chi connectivity index (χ3n) is 9.64. The van der Waals surface area contributed by atoms with E-state index in [9.17, 15) is 19.2 Å². The van der Waals surface area contributed by atoms with Crippen molar-refractivity contribution < 1.29 is 28.7 Å². The number of alkyl carbamates (subject to hydrolysis) is 2. The van der Waals surface area contributed by atoms with Gasteiger partial charge in [0.05, 0.1) is 12.0 Å². The molecular formula is C46H47N5O6. The summed E-state index contributed by atoms with van der Waals surface area (Å²) in [5.41, 5.74) is 4.65. The summed E-state index contributed by atoms with van der Waals surface area (Å²) in [6, 6.07) is 47.3. The van der Waals surface area contributed by atoms with Crippen LogP contribution in [0, 0.1) is 5.92 Å². The highest BCUT2D eigenvalue weighted by molar-refractivity contribution is 6.02. The van der Waals surface area contributed by atoms with Crippen LogP contribution in [0.2, 0.25) is 0 Å². The minimum Gasteiger partial charge on any atom is -0.444 e. The van der Waals surface area contributed by atoms with E-state index >= 15 is 0 Å². The molecule has 1 aliphatic heterocycles. The molecule has 5 amide bonds. The van der Waals surface area contributed by atoms with Gasteiger partial charge in [-0.3, -0.25) is 25.3 Å². The van der Waals surface area contributed by atoms with Gasteiger partial charge in [-0.05, 0) is 53.5 Å². The van der Waals surface area contributed by atoms with Gasteiger partial charge in [0.15, 0.2) is 0 Å². The summed E-state index contributed by atoms with van der Waals surface area (Å²) in [6.07, 6.45) is 0.593. The molecule has 0 radical (unpaired) electrons. The number of aryl methyl sites for hydroxylation is 1. The number of hydrogen-bond acceptors (Lipinski definition) is 7. The number of likely N-dealkylation sites (tertiary alicyclic amines) is 1. The third kappa shape index (κ3) is 12.1. The molecule has 0 aliphatic carbocycles. The Kier molecular flexibility index (Phi) is 14.6. The van der Waals surface area contributed by atoms with Crippen LogP contribution in [-0.2, 0) is 47.0 Å². The zero-order valence-electron chi connectivity index (χ0n) is 31.7. The first-order valence-electron chi connectivity index (χ1n) is 19.2. The number of guanidine groups is 1. The summed E-state index contributed by atoms with van der Waals surface area (Å²) < 4.78 is 10.7. The van der Waals surface area contributed by atoms with Crippen molar-refractivity contribution in [3.8, 4) is 0 Å². The van der Waals surface area contributed by atoms with Crippen LogP contribution in [0.4, 0.5) is 14.4 Å². The van der Waals surface area contributed by atoms with Crippen molar-refractivity contribution in [1.29, 1.82) is 0 Å². The molecule has 2 N–H and O–H groups in total. The molecule has 57 heavy (non-hydrogen) atoms. The van der Waals surface area contributed by atoms with E-state index in [-0.39, 0.29) is 43.7 Å². The van der Waals surface area contributed by atoms with Crippen molar-refractivity contribution in [2.45, 2.75) is 58.0 Å². The fraction of sp³-hybridized carbons (Fsp3) is 0.239. The predicted molar refractivity (Wildman–Crippen MR) is 217 cm³/mol. The average molecular weight is 766 g/mol. The van der Waals surface area contributed by atoms with Crippen LogP contribution < -0.4 is 10.6 Å². The SMILES string of the molecule is O=C(NC(=NCCC[C@H]1C(=O)N(C(=O)N(Cc2ccccc2)Cc2ccccc2)[C@@H]1CCc1ccccc1)NC(=O)OCc1ccccc1)OCc1ccccc1. The van der Waals surface area contributed by atoms with E-state index in [1.54, 1.807) is 4.90 Å². The lowest BCUT2D eigenvalue weighted by molar-refractivity contribution is -0.152. The normalized spacial score (nSPS) is 14.5. The Balaban J connectivity index is 1.13. The molecule has 0 saturated carbocycles. The Bertz CT molecular complexity index is 1970. The Hall–Kier alpha value is -6.75. The van der Waals surface area contributed by atoms with Crippen LogP contribution >= 0.6 is 0 Å². The zero-order chi connectivity index (χ0) is 39.7. The van der Waals surface area contributed by atoms with Gasteiger partial charge in [-0.1, -0.05) is 152 Å². The number of rotatable bonds is 15. The third-order valence-corrected chi connectivity index (χ3v) is 9.64. The molecule has 2 atom stereocenters. The van der Waals surface area contributed by atoms with Crippen molar-refractivity contribution in [2.24, 2.45) is 10.9 Å². The first-order valence-corrected chi connectivity index (χ1v) is 19.2. The topological polar surface area (TPSA) is 130 Å². The van der Waals surface area contributed by atoms with Gasteiger partial charge in [0, 0.05) is 19.6 Å². The number of ether oxygens (including phenoxy) is 2. The van der Waals surface area contributed by atoms with Crippen LogP contribution in [0.3, 0.4) is 0 Å². The van der Waals surface area contributed by atoms with Crippen molar-refractivity contribution in [3.63, 3.8) is 0 Å². The van der Waals surface area contributed by atoms with Crippen molar-refractivity contribution >= 4 is 30.1 Å². The minimum absolute atomic E-state index is 0.0237. The van der Waals surface area contributed by atoms with Gasteiger partial charge in [-0.15, -0.1) is 0 Å². The molecule has 292 valence electrons. The quantitative estimate of drug-likeness (QED) is 0.0478. The molecular weight excluding hydrogens is 719 g/mol. The number of nitrogens with zero attached hydrogens (tertiary/aromatic N) is 3. The maximum absolute atomic E-state index is 14.3. The number of benzene rings is 5. The van der Waals surface area contributed by atoms with Crippen LogP contribution in [0.15, 0.2) is 157 Å². The summed E-state index contributed by atoms with van der Waals surface area (Å²) in [5.74, 6) is -0.765. The molecule has 5 aromatic rings. The van der Waals surface area contributed by atoms with Gasteiger partial charge < -0.3 is 14.4 Å². The zero-order valence-corrected chi connectivity index (χ0v) is 31.7. The molecule has 0 unspecified atom stereocenters. The van der Waals surface area contributed by atoms with E-state index < -0.39 is 18.1 Å². The van der Waals surface area contributed by atoms with E-state index in [0.29, 0.717) is 38.8 Å². The van der Waals surface area contributed by atoms with Gasteiger partial charge in [0.1, 0.15) is 13.2 Å². The molecule has 6 rings (SSSR count). The predicted octanol–water partition coefficient (Wildman–Crippen LogP) is 8.26. The molecule has 0 spiro atoms. The lowest BCUT2D eigenvalue weighted by atomic mass is 9.80. The van der Waals surface area contributed by atoms with Crippen LogP contribution in [0.25, 0.3) is 0 Å². The number of hydrogen-bond donors (Lipinski definition) is 2. The van der Waals surface area contributed by atoms with E-state index in [2.05, 4.69) is 15.6 Å². The highest BCUT2D eigenvalue weighted by Crippen LogP contribution is 2.35. The highest BCUT2D eigenvalue weighted by Gasteiger charge is 2.50. The van der Waals surface area contributed by atoms with Gasteiger partial charge in [-0.2, -0.15) is 0 Å². The number of carbonyl (C=O) groups excluding carboxylic acids is 4. The fourth-order valence-corrected chi connectivity index (χ4v) is 6.72. The summed E-state index contributed by atoms with van der Waals surface area (Å²) in [6.45, 7) is 0.928. The molecule has 1 saturated heterocycles. The fourth-order valence-electron chi connectivity index (χ4n) is 6.72. The maximum atomic E-state index is 14.3. The van der Waals surface area contributed by atoms with Crippen molar-refractivity contribution in [3.05, 3.63) is 179 Å². The summed E-state index contributed by atoms with van der Waals surface area (Å²) in [5, 5.41) is 5.03. The lowest BCUT2D eigenvalue weighted by Gasteiger charge is -2.47. The molecule has 11 nitrogen and oxygen atoms in total. The van der Waals surface area contributed by atoms with E-state index in [4.69, 9.17) is 9.47 Å². The maximum Gasteiger partial charge on any atom is 0.414 e. The molecule has 1 aliphatic rings. The average Bonchev–Trinajstić information content (AvgIpc) is 3.25. The molecule has 1 fully saturated rings. The second kappa shape index (κ2) is 20.8. The second-order valence-corrected chi connectivity index (χ2v) is 13.8. The first kappa shape index (κ1) is 39.9. The van der Waals surface area contributed by atoms with E-state index in [1.807, 2.05) is 152 Å². The summed E-state index contributed by atoms with van der Waals surface area (Å²) >= 11 is 0. The molecule has 1 heterocycles. The Morgan fingerprint density at radius 1 is 0.579 bits per heavy atom. The Morgan fingerprint density at radius 3 is 1.46 bits per heavy atom. The first-order chi connectivity index (χ1) is 27.9. The Morgan fingerprint density at radius 2 is 1.00 bits per heavy atom. The van der Waals surface area contributed by atoms with Gasteiger partial charge in [-0.25, -0.2) is 14.4 Å². The van der Waals surface area contributed by atoms with E-state index in [1.165, 1.54) is 4.90 Å². The number of aliphatic imine (C=N–C) groups is 1. The van der Waals surface area contributed by atoms with Gasteiger partial charge in [0.25, 0.3) is 0 Å². The van der Waals surface area contributed by atoms with Crippen LogP contribution in [-0.4, -0.2) is 52.5 Å².